The quantitative estimate of drug-likeness (QED) is 0.935. The lowest BCUT2D eigenvalue weighted by molar-refractivity contribution is 0.299. The van der Waals surface area contributed by atoms with Gasteiger partial charge in [-0.1, -0.05) is 30.3 Å². The number of ether oxygens (including phenoxy) is 1. The van der Waals surface area contributed by atoms with Gasteiger partial charge in [-0.3, -0.25) is 4.99 Å². The van der Waals surface area contributed by atoms with Gasteiger partial charge in [-0.25, -0.2) is 4.39 Å². The molecule has 1 aliphatic rings. The summed E-state index contributed by atoms with van der Waals surface area (Å²) in [4.78, 5) is 4.48. The Hall–Kier alpha value is -2.36. The average Bonchev–Trinajstić information content (AvgIpc) is 2.55. The van der Waals surface area contributed by atoms with E-state index in [1.54, 1.807) is 18.2 Å². The van der Waals surface area contributed by atoms with E-state index in [1.807, 2.05) is 24.3 Å². The number of benzene rings is 2. The molecule has 1 heterocycles. The summed E-state index contributed by atoms with van der Waals surface area (Å²) in [5, 5.41) is 3.28. The van der Waals surface area contributed by atoms with E-state index in [9.17, 15) is 4.39 Å². The van der Waals surface area contributed by atoms with Crippen LogP contribution in [0.15, 0.2) is 53.5 Å². The summed E-state index contributed by atoms with van der Waals surface area (Å²) in [6.45, 7) is 1.95. The van der Waals surface area contributed by atoms with E-state index >= 15 is 0 Å². The maximum atomic E-state index is 13.6. The lowest BCUT2D eigenvalue weighted by Gasteiger charge is -2.17. The van der Waals surface area contributed by atoms with Crippen LogP contribution in [-0.2, 0) is 6.61 Å². The monoisotopic (exact) mass is 284 g/mol. The number of hydrogen-bond donors (Lipinski definition) is 1. The Balaban J connectivity index is 1.80. The van der Waals surface area contributed by atoms with E-state index in [0.29, 0.717) is 11.3 Å². The lowest BCUT2D eigenvalue weighted by Crippen LogP contribution is -2.30. The van der Waals surface area contributed by atoms with Crippen LogP contribution in [0.1, 0.15) is 17.5 Å². The number of hydrogen-bond acceptors (Lipinski definition) is 3. The molecule has 3 nitrogen and oxygen atoms in total. The first-order valence-corrected chi connectivity index (χ1v) is 7.08. The number of rotatable bonds is 4. The van der Waals surface area contributed by atoms with E-state index in [-0.39, 0.29) is 12.4 Å². The first-order valence-electron chi connectivity index (χ1n) is 7.08. The summed E-state index contributed by atoms with van der Waals surface area (Å²) in [5.41, 5.74) is 1.47. The highest BCUT2D eigenvalue weighted by atomic mass is 19.1. The molecule has 0 saturated heterocycles. The van der Waals surface area contributed by atoms with E-state index in [1.165, 1.54) is 6.07 Å². The van der Waals surface area contributed by atoms with Crippen LogP contribution in [-0.4, -0.2) is 18.9 Å². The standard InChI is InChI=1S/C17H17FN2O/c18-15-8-3-1-6-13(15)12-21-16-9-4-2-7-14(16)17-19-10-5-11-20-17/h1-4,6-9H,5,10-12H2,(H,19,20). The zero-order valence-corrected chi connectivity index (χ0v) is 11.7. The second-order valence-corrected chi connectivity index (χ2v) is 4.89. The van der Waals surface area contributed by atoms with Crippen molar-refractivity contribution >= 4 is 5.84 Å². The molecule has 2 aromatic rings. The molecule has 3 rings (SSSR count). The SMILES string of the molecule is Fc1ccccc1COc1ccccc1C1=NCCCN1. The lowest BCUT2D eigenvalue weighted by atomic mass is 10.1. The molecule has 108 valence electrons. The fourth-order valence-electron chi connectivity index (χ4n) is 2.27. The average molecular weight is 284 g/mol. The minimum Gasteiger partial charge on any atom is -0.488 e. The van der Waals surface area contributed by atoms with Gasteiger partial charge in [0.2, 0.25) is 0 Å². The summed E-state index contributed by atoms with van der Waals surface area (Å²) >= 11 is 0. The van der Waals surface area contributed by atoms with E-state index < -0.39 is 0 Å². The predicted molar refractivity (Wildman–Crippen MR) is 81.2 cm³/mol. The van der Waals surface area contributed by atoms with Crippen molar-refractivity contribution in [3.63, 3.8) is 0 Å². The third-order valence-electron chi connectivity index (χ3n) is 3.38. The van der Waals surface area contributed by atoms with Crippen LogP contribution in [0, 0.1) is 5.82 Å². The molecular weight excluding hydrogens is 267 g/mol. The number of nitrogens with zero attached hydrogens (tertiary/aromatic N) is 1. The molecule has 0 saturated carbocycles. The van der Waals surface area contributed by atoms with Crippen molar-refractivity contribution in [2.24, 2.45) is 4.99 Å². The van der Waals surface area contributed by atoms with Gasteiger partial charge in [0.1, 0.15) is 24.0 Å². The molecule has 0 aromatic heterocycles. The van der Waals surface area contributed by atoms with Gasteiger partial charge >= 0.3 is 0 Å². The van der Waals surface area contributed by atoms with Crippen LogP contribution in [0.4, 0.5) is 4.39 Å². The molecule has 21 heavy (non-hydrogen) atoms. The zero-order valence-electron chi connectivity index (χ0n) is 11.7. The summed E-state index contributed by atoms with van der Waals surface area (Å²) in [5.74, 6) is 1.32. The Morgan fingerprint density at radius 1 is 1.10 bits per heavy atom. The Kier molecular flexibility index (Phi) is 4.15. The first-order chi connectivity index (χ1) is 10.3. The van der Waals surface area contributed by atoms with Crippen LogP contribution in [0.25, 0.3) is 0 Å². The van der Waals surface area contributed by atoms with Crippen molar-refractivity contribution in [3.8, 4) is 5.75 Å². The highest BCUT2D eigenvalue weighted by molar-refractivity contribution is 6.01. The number of nitrogens with one attached hydrogen (secondary N) is 1. The first kappa shape index (κ1) is 13.6. The largest absolute Gasteiger partial charge is 0.488 e. The summed E-state index contributed by atoms with van der Waals surface area (Å²) in [6, 6.07) is 14.4. The van der Waals surface area contributed by atoms with E-state index in [0.717, 1.165) is 30.9 Å². The van der Waals surface area contributed by atoms with Crippen LogP contribution < -0.4 is 10.1 Å². The second kappa shape index (κ2) is 6.39. The summed E-state index contributed by atoms with van der Waals surface area (Å²) in [6.07, 6.45) is 1.04. The molecular formula is C17H17FN2O. The fourth-order valence-corrected chi connectivity index (χ4v) is 2.27. The molecule has 0 radical (unpaired) electrons. The van der Waals surface area contributed by atoms with Gasteiger partial charge in [-0.15, -0.1) is 0 Å². The van der Waals surface area contributed by atoms with Crippen molar-refractivity contribution in [2.75, 3.05) is 13.1 Å². The molecule has 1 aliphatic heterocycles. The van der Waals surface area contributed by atoms with Gasteiger partial charge in [0.15, 0.2) is 0 Å². The smallest absolute Gasteiger partial charge is 0.132 e. The molecule has 0 spiro atoms. The Morgan fingerprint density at radius 2 is 1.90 bits per heavy atom. The number of halogens is 1. The summed E-state index contributed by atoms with van der Waals surface area (Å²) in [7, 11) is 0. The second-order valence-electron chi connectivity index (χ2n) is 4.89. The van der Waals surface area contributed by atoms with Gasteiger partial charge in [-0.05, 0) is 24.6 Å². The van der Waals surface area contributed by atoms with Gasteiger partial charge in [-0.2, -0.15) is 0 Å². The Bertz CT molecular complexity index is 655. The Labute approximate surface area is 123 Å². The number of para-hydroxylation sites is 1. The normalized spacial score (nSPS) is 14.2. The maximum absolute atomic E-state index is 13.6. The molecule has 0 bridgehead atoms. The molecule has 0 amide bonds. The fraction of sp³-hybridized carbons (Fsp3) is 0.235. The Morgan fingerprint density at radius 3 is 2.71 bits per heavy atom. The molecule has 2 aromatic carbocycles. The highest BCUT2D eigenvalue weighted by Crippen LogP contribution is 2.21. The minimum atomic E-state index is -0.247. The van der Waals surface area contributed by atoms with E-state index in [2.05, 4.69) is 10.3 Å². The molecule has 4 heteroatoms. The molecule has 0 aliphatic carbocycles. The van der Waals surface area contributed by atoms with E-state index in [4.69, 9.17) is 4.74 Å². The van der Waals surface area contributed by atoms with Gasteiger partial charge in [0.25, 0.3) is 0 Å². The highest BCUT2D eigenvalue weighted by Gasteiger charge is 2.12. The number of amidine groups is 1. The van der Waals surface area contributed by atoms with Crippen LogP contribution in [0.3, 0.4) is 0 Å². The van der Waals surface area contributed by atoms with Crippen molar-refractivity contribution in [1.29, 1.82) is 0 Å². The van der Waals surface area contributed by atoms with Crippen LogP contribution in [0.5, 0.6) is 5.75 Å². The third-order valence-corrected chi connectivity index (χ3v) is 3.38. The van der Waals surface area contributed by atoms with Gasteiger partial charge in [0.05, 0.1) is 5.56 Å². The third kappa shape index (κ3) is 3.21. The molecule has 0 unspecified atom stereocenters. The van der Waals surface area contributed by atoms with Crippen molar-refractivity contribution in [1.82, 2.24) is 5.32 Å². The van der Waals surface area contributed by atoms with Gasteiger partial charge < -0.3 is 10.1 Å². The molecule has 1 N–H and O–H groups in total. The van der Waals surface area contributed by atoms with Crippen molar-refractivity contribution in [2.45, 2.75) is 13.0 Å². The van der Waals surface area contributed by atoms with Gasteiger partial charge in [0, 0.05) is 18.7 Å². The van der Waals surface area contributed by atoms with Crippen molar-refractivity contribution < 1.29 is 9.13 Å². The zero-order chi connectivity index (χ0) is 14.5. The number of aliphatic imine (C=N–C) groups is 1. The van der Waals surface area contributed by atoms with Crippen LogP contribution >= 0.6 is 0 Å². The summed E-state index contributed by atoms with van der Waals surface area (Å²) < 4.78 is 19.4. The minimum absolute atomic E-state index is 0.205. The van der Waals surface area contributed by atoms with Crippen molar-refractivity contribution in [3.05, 3.63) is 65.5 Å². The van der Waals surface area contributed by atoms with Crippen LogP contribution in [0.2, 0.25) is 0 Å². The maximum Gasteiger partial charge on any atom is 0.132 e. The predicted octanol–water partition coefficient (Wildman–Crippen LogP) is 3.14. The topological polar surface area (TPSA) is 33.6 Å². The molecule has 0 fully saturated rings. The molecule has 0 atom stereocenters.